The number of methoxy groups -OCH3 is 2. The number of fused-ring (bicyclic) bond motifs is 2. The molecule has 2 heterocycles. The molecule has 0 aliphatic carbocycles. The first-order valence-corrected chi connectivity index (χ1v) is 9.13. The van der Waals surface area contributed by atoms with Crippen LogP contribution in [0.5, 0.6) is 11.5 Å². The summed E-state index contributed by atoms with van der Waals surface area (Å²) in [7, 11) is 5.39. The minimum atomic E-state index is 0.786. The Kier molecular flexibility index (Phi) is 4.46. The largest absolute Gasteiger partial charge is 0.493 e. The summed E-state index contributed by atoms with van der Waals surface area (Å²) in [5, 5.41) is 0. The summed E-state index contributed by atoms with van der Waals surface area (Å²) < 4.78 is 16.0. The number of ether oxygens (including phenoxy) is 2. The van der Waals surface area contributed by atoms with E-state index in [1.807, 2.05) is 7.05 Å². The first-order chi connectivity index (χ1) is 12.6. The van der Waals surface area contributed by atoms with Crippen LogP contribution in [0.3, 0.4) is 0 Å². The molecule has 4 rings (SSSR count). The van der Waals surface area contributed by atoms with Crippen molar-refractivity contribution in [2.75, 3.05) is 20.8 Å². The third-order valence-electron chi connectivity index (χ3n) is 5.19. The fourth-order valence-corrected chi connectivity index (χ4v) is 4.02. The molecule has 0 radical (unpaired) electrons. The Balaban J connectivity index is 1.65. The van der Waals surface area contributed by atoms with Crippen molar-refractivity contribution in [1.82, 2.24) is 14.0 Å². The summed E-state index contributed by atoms with van der Waals surface area (Å²) in [6.45, 7) is 2.65. The van der Waals surface area contributed by atoms with Gasteiger partial charge in [-0.1, -0.05) is 12.1 Å². The maximum atomic E-state index is 5.68. The summed E-state index contributed by atoms with van der Waals surface area (Å²) in [5.74, 6) is 1.59. The summed E-state index contributed by atoms with van der Waals surface area (Å²) in [6.07, 6.45) is 0.994. The van der Waals surface area contributed by atoms with E-state index < -0.39 is 0 Å². The molecule has 0 atom stereocenters. The highest BCUT2D eigenvalue weighted by Crippen LogP contribution is 2.33. The van der Waals surface area contributed by atoms with Crippen LogP contribution in [0, 0.1) is 4.77 Å². The van der Waals surface area contributed by atoms with Crippen molar-refractivity contribution in [3.05, 3.63) is 52.3 Å². The first-order valence-electron chi connectivity index (χ1n) is 8.72. The Labute approximate surface area is 158 Å². The molecule has 26 heavy (non-hydrogen) atoms. The van der Waals surface area contributed by atoms with Crippen LogP contribution >= 0.6 is 12.2 Å². The number of nitrogens with zero attached hydrogens (tertiary/aromatic N) is 3. The van der Waals surface area contributed by atoms with E-state index in [0.717, 1.165) is 42.4 Å². The molecule has 136 valence electrons. The molecular formula is C20H23N3O2S. The van der Waals surface area contributed by atoms with Crippen molar-refractivity contribution in [3.63, 3.8) is 0 Å². The summed E-state index contributed by atoms with van der Waals surface area (Å²) in [5.41, 5.74) is 4.97. The van der Waals surface area contributed by atoms with Gasteiger partial charge >= 0.3 is 0 Å². The molecule has 1 aliphatic heterocycles. The molecule has 0 fully saturated rings. The van der Waals surface area contributed by atoms with Gasteiger partial charge in [0, 0.05) is 20.1 Å². The second kappa shape index (κ2) is 6.78. The average Bonchev–Trinajstić information content (AvgIpc) is 2.92. The minimum absolute atomic E-state index is 0.786. The van der Waals surface area contributed by atoms with E-state index in [1.165, 1.54) is 22.2 Å². The molecule has 0 bridgehead atoms. The van der Waals surface area contributed by atoms with Crippen LogP contribution in [0.2, 0.25) is 0 Å². The van der Waals surface area contributed by atoms with Crippen molar-refractivity contribution in [3.8, 4) is 11.5 Å². The SMILES string of the molecule is COc1cc2c(cc1OC)CN(Cn1c(=S)n(C)c3ccccc31)CC2. The van der Waals surface area contributed by atoms with Crippen molar-refractivity contribution >= 4 is 23.3 Å². The summed E-state index contributed by atoms with van der Waals surface area (Å²) in [4.78, 5) is 2.43. The van der Waals surface area contributed by atoms with Crippen LogP contribution in [0.25, 0.3) is 11.0 Å². The fourth-order valence-electron chi connectivity index (χ4n) is 3.76. The molecule has 0 amide bonds. The van der Waals surface area contributed by atoms with Gasteiger partial charge in [0.2, 0.25) is 0 Å². The summed E-state index contributed by atoms with van der Waals surface area (Å²) in [6, 6.07) is 12.6. The number of hydrogen-bond donors (Lipinski definition) is 0. The maximum Gasteiger partial charge on any atom is 0.181 e. The lowest BCUT2D eigenvalue weighted by Crippen LogP contribution is -2.32. The zero-order valence-corrected chi connectivity index (χ0v) is 16.2. The molecule has 5 nitrogen and oxygen atoms in total. The predicted molar refractivity (Wildman–Crippen MR) is 105 cm³/mol. The molecule has 0 saturated heterocycles. The first kappa shape index (κ1) is 17.1. The van der Waals surface area contributed by atoms with Gasteiger partial charge in [-0.15, -0.1) is 0 Å². The van der Waals surface area contributed by atoms with Crippen LogP contribution in [0.15, 0.2) is 36.4 Å². The van der Waals surface area contributed by atoms with Gasteiger partial charge in [0.15, 0.2) is 16.3 Å². The smallest absolute Gasteiger partial charge is 0.181 e. The van der Waals surface area contributed by atoms with Gasteiger partial charge in [0.1, 0.15) is 0 Å². The van der Waals surface area contributed by atoms with Crippen LogP contribution in [0.1, 0.15) is 11.1 Å². The topological polar surface area (TPSA) is 31.6 Å². The number of hydrogen-bond acceptors (Lipinski definition) is 4. The second-order valence-corrected chi connectivity index (χ2v) is 7.04. The van der Waals surface area contributed by atoms with Crippen molar-refractivity contribution in [2.45, 2.75) is 19.6 Å². The van der Waals surface area contributed by atoms with Gasteiger partial charge in [0.05, 0.1) is 31.9 Å². The molecule has 1 aliphatic rings. The molecule has 0 spiro atoms. The normalized spacial score (nSPS) is 14.4. The quantitative estimate of drug-likeness (QED) is 0.656. The van der Waals surface area contributed by atoms with E-state index in [2.05, 4.69) is 50.4 Å². The van der Waals surface area contributed by atoms with E-state index in [0.29, 0.717) is 0 Å². The van der Waals surface area contributed by atoms with E-state index in [-0.39, 0.29) is 0 Å². The van der Waals surface area contributed by atoms with Gasteiger partial charge < -0.3 is 18.6 Å². The lowest BCUT2D eigenvalue weighted by molar-refractivity contribution is 0.200. The van der Waals surface area contributed by atoms with Gasteiger partial charge in [-0.05, 0) is 54.0 Å². The monoisotopic (exact) mass is 369 g/mol. The predicted octanol–water partition coefficient (Wildman–Crippen LogP) is 3.74. The van der Waals surface area contributed by atoms with E-state index in [1.54, 1.807) is 14.2 Å². The van der Waals surface area contributed by atoms with Crippen LogP contribution in [-0.2, 0) is 26.7 Å². The number of rotatable bonds is 4. The van der Waals surface area contributed by atoms with Crippen molar-refractivity contribution < 1.29 is 9.47 Å². The fraction of sp³-hybridized carbons (Fsp3) is 0.350. The van der Waals surface area contributed by atoms with E-state index in [4.69, 9.17) is 21.7 Å². The standard InChI is InChI=1S/C20H23N3O2S/c1-21-16-6-4-5-7-17(16)23(20(21)26)13-22-9-8-14-10-18(24-2)19(25-3)11-15(14)12-22/h4-7,10-11H,8-9,12-13H2,1-3H3. The zero-order valence-electron chi connectivity index (χ0n) is 15.4. The lowest BCUT2D eigenvalue weighted by atomic mass is 9.99. The van der Waals surface area contributed by atoms with Crippen LogP contribution in [0.4, 0.5) is 0 Å². The molecule has 0 saturated carbocycles. The Morgan fingerprint density at radius 1 is 1.00 bits per heavy atom. The Bertz CT molecular complexity index is 1020. The highest BCUT2D eigenvalue weighted by Gasteiger charge is 2.20. The third-order valence-corrected chi connectivity index (χ3v) is 5.68. The third kappa shape index (κ3) is 2.79. The van der Waals surface area contributed by atoms with Gasteiger partial charge in [0.25, 0.3) is 0 Å². The molecule has 3 aromatic rings. The maximum absolute atomic E-state index is 5.68. The van der Waals surface area contributed by atoms with Gasteiger partial charge in [-0.25, -0.2) is 0 Å². The molecule has 1 aromatic heterocycles. The van der Waals surface area contributed by atoms with E-state index in [9.17, 15) is 0 Å². The number of aromatic nitrogens is 2. The second-order valence-electron chi connectivity index (χ2n) is 6.68. The highest BCUT2D eigenvalue weighted by molar-refractivity contribution is 7.71. The van der Waals surface area contributed by atoms with Gasteiger partial charge in [-0.3, -0.25) is 4.90 Å². The molecule has 0 unspecified atom stereocenters. The number of para-hydroxylation sites is 2. The number of imidazole rings is 1. The molecule has 2 aromatic carbocycles. The van der Waals surface area contributed by atoms with Crippen LogP contribution in [-0.4, -0.2) is 34.8 Å². The molecule has 6 heteroatoms. The average molecular weight is 369 g/mol. The molecule has 0 N–H and O–H groups in total. The van der Waals surface area contributed by atoms with Crippen LogP contribution < -0.4 is 9.47 Å². The van der Waals surface area contributed by atoms with E-state index >= 15 is 0 Å². The zero-order chi connectivity index (χ0) is 18.3. The number of aryl methyl sites for hydroxylation is 1. The lowest BCUT2D eigenvalue weighted by Gasteiger charge is -2.29. The van der Waals surface area contributed by atoms with Crippen molar-refractivity contribution in [2.24, 2.45) is 7.05 Å². The van der Waals surface area contributed by atoms with Gasteiger partial charge in [-0.2, -0.15) is 0 Å². The Morgan fingerprint density at radius 2 is 1.65 bits per heavy atom. The minimum Gasteiger partial charge on any atom is -0.493 e. The van der Waals surface area contributed by atoms with Crippen molar-refractivity contribution in [1.29, 1.82) is 0 Å². The highest BCUT2D eigenvalue weighted by atomic mass is 32.1. The molecular weight excluding hydrogens is 346 g/mol. The Hall–Kier alpha value is -2.31. The Morgan fingerprint density at radius 3 is 2.35 bits per heavy atom. The number of benzene rings is 2. The summed E-state index contributed by atoms with van der Waals surface area (Å²) >= 11 is 5.68.